The summed E-state index contributed by atoms with van der Waals surface area (Å²) in [6.07, 6.45) is 14.1. The van der Waals surface area contributed by atoms with E-state index in [4.69, 9.17) is 10.5 Å². The quantitative estimate of drug-likeness (QED) is 0.418. The van der Waals surface area contributed by atoms with Gasteiger partial charge in [0.15, 0.2) is 0 Å². The monoisotopic (exact) mass is 453 g/mol. The molecule has 174 valence electrons. The molecular formula is C28H31N5O. The maximum absolute atomic E-state index is 6.40. The molecule has 2 aromatic rings. The van der Waals surface area contributed by atoms with Crippen molar-refractivity contribution in [3.05, 3.63) is 83.3 Å². The van der Waals surface area contributed by atoms with E-state index in [0.717, 1.165) is 59.8 Å². The molecule has 4 N–H and O–H groups in total. The second-order valence-corrected chi connectivity index (χ2v) is 8.40. The molecule has 6 heteroatoms. The molecule has 2 aliphatic rings. The maximum atomic E-state index is 6.40. The Morgan fingerprint density at radius 2 is 2.06 bits per heavy atom. The Morgan fingerprint density at radius 3 is 2.82 bits per heavy atom. The highest BCUT2D eigenvalue weighted by Crippen LogP contribution is 2.38. The number of rotatable bonds is 7. The average Bonchev–Trinajstić information content (AvgIpc) is 2.99. The fraction of sp³-hybridized carbons (Fsp3) is 0.286. The van der Waals surface area contributed by atoms with Crippen LogP contribution in [0.15, 0.2) is 71.6 Å². The minimum atomic E-state index is -0.338. The van der Waals surface area contributed by atoms with Crippen molar-refractivity contribution in [3.8, 4) is 17.6 Å². The lowest BCUT2D eigenvalue weighted by Gasteiger charge is -2.28. The number of nitrogens with two attached hydrogens (primary N) is 1. The molecule has 1 fully saturated rings. The Labute approximate surface area is 201 Å². The molecule has 0 bridgehead atoms. The van der Waals surface area contributed by atoms with E-state index in [2.05, 4.69) is 39.2 Å². The molecule has 1 unspecified atom stereocenters. The molecule has 1 aliphatic carbocycles. The van der Waals surface area contributed by atoms with Crippen LogP contribution in [-0.4, -0.2) is 30.8 Å². The summed E-state index contributed by atoms with van der Waals surface area (Å²) in [6.45, 7) is 7.94. The number of aromatic nitrogens is 1. The van der Waals surface area contributed by atoms with Crippen LogP contribution in [0.5, 0.6) is 5.75 Å². The standard InChI is InChI=1S/C28H31N5O/c1-20-19-32-28(29)25(26(20)33-22-15-17-31-18-16-22)27(30-2)21-11-13-24(14-12-21)34-23-9-7-5-3-4-6-8-10-23/h5,7-14,19,22,27,31H,2,6,15-18H2,1H3,(H3,29,32,33). The van der Waals surface area contributed by atoms with Gasteiger partial charge < -0.3 is 21.1 Å². The number of pyridine rings is 1. The zero-order valence-corrected chi connectivity index (χ0v) is 19.6. The van der Waals surface area contributed by atoms with E-state index in [9.17, 15) is 0 Å². The first-order valence-electron chi connectivity index (χ1n) is 11.6. The number of nitrogen functional groups attached to an aromatic ring is 1. The number of nitrogens with zero attached hydrogens (tertiary/aromatic N) is 2. The minimum Gasteiger partial charge on any atom is -0.457 e. The maximum Gasteiger partial charge on any atom is 0.131 e. The molecule has 1 atom stereocenters. The Morgan fingerprint density at radius 1 is 1.26 bits per heavy atom. The highest BCUT2D eigenvalue weighted by molar-refractivity contribution is 5.68. The first-order chi connectivity index (χ1) is 16.7. The molecule has 0 spiro atoms. The molecule has 1 aliphatic heterocycles. The van der Waals surface area contributed by atoms with Gasteiger partial charge in [0.05, 0.1) is 0 Å². The first-order valence-corrected chi connectivity index (χ1v) is 11.6. The van der Waals surface area contributed by atoms with Gasteiger partial charge in [-0.25, -0.2) is 4.98 Å². The number of ether oxygens (including phenoxy) is 1. The van der Waals surface area contributed by atoms with Gasteiger partial charge in [-0.1, -0.05) is 36.1 Å². The van der Waals surface area contributed by atoms with Crippen molar-refractivity contribution in [2.24, 2.45) is 4.99 Å². The van der Waals surface area contributed by atoms with Crippen LogP contribution in [0.4, 0.5) is 11.5 Å². The molecule has 1 aromatic heterocycles. The lowest BCUT2D eigenvalue weighted by Crippen LogP contribution is -2.35. The van der Waals surface area contributed by atoms with Crippen molar-refractivity contribution >= 4 is 18.2 Å². The molecule has 4 rings (SSSR count). The molecular weight excluding hydrogens is 422 g/mol. The summed E-state index contributed by atoms with van der Waals surface area (Å²) >= 11 is 0. The molecule has 1 saturated heterocycles. The molecule has 0 saturated carbocycles. The highest BCUT2D eigenvalue weighted by atomic mass is 16.5. The topological polar surface area (TPSA) is 84.6 Å². The Balaban J connectivity index is 1.58. The smallest absolute Gasteiger partial charge is 0.131 e. The number of piperidine rings is 1. The van der Waals surface area contributed by atoms with E-state index >= 15 is 0 Å². The van der Waals surface area contributed by atoms with Crippen LogP contribution in [-0.2, 0) is 0 Å². The van der Waals surface area contributed by atoms with Crippen LogP contribution in [0.2, 0.25) is 0 Å². The number of hydrogen-bond acceptors (Lipinski definition) is 6. The molecule has 6 nitrogen and oxygen atoms in total. The Bertz CT molecular complexity index is 1160. The van der Waals surface area contributed by atoms with Gasteiger partial charge in [-0.05, 0) is 81.1 Å². The van der Waals surface area contributed by atoms with Gasteiger partial charge in [0, 0.05) is 29.9 Å². The van der Waals surface area contributed by atoms with Crippen molar-refractivity contribution in [2.45, 2.75) is 38.3 Å². The van der Waals surface area contributed by atoms with Crippen molar-refractivity contribution in [1.29, 1.82) is 0 Å². The van der Waals surface area contributed by atoms with Gasteiger partial charge in [-0.15, -0.1) is 0 Å². The van der Waals surface area contributed by atoms with Gasteiger partial charge in [0.2, 0.25) is 0 Å². The number of allylic oxidation sites excluding steroid dienone is 5. The lowest BCUT2D eigenvalue weighted by atomic mass is 9.95. The molecule has 1 aromatic carbocycles. The van der Waals surface area contributed by atoms with Crippen LogP contribution in [0.25, 0.3) is 0 Å². The number of nitrogens with one attached hydrogen (secondary N) is 2. The van der Waals surface area contributed by atoms with Crippen LogP contribution >= 0.6 is 0 Å². The van der Waals surface area contributed by atoms with Crippen LogP contribution < -0.4 is 21.1 Å². The summed E-state index contributed by atoms with van der Waals surface area (Å²) in [5, 5.41) is 7.13. The van der Waals surface area contributed by atoms with Gasteiger partial charge in [0.25, 0.3) is 0 Å². The van der Waals surface area contributed by atoms with Gasteiger partial charge in [-0.3, -0.25) is 4.99 Å². The summed E-state index contributed by atoms with van der Waals surface area (Å²) in [6, 6.07) is 7.93. The molecule has 2 heterocycles. The summed E-state index contributed by atoms with van der Waals surface area (Å²) in [5.41, 5.74) is 10.3. The third-order valence-electron chi connectivity index (χ3n) is 5.96. The van der Waals surface area contributed by atoms with Crippen LogP contribution in [0.1, 0.15) is 42.0 Å². The average molecular weight is 454 g/mol. The number of aryl methyl sites for hydroxylation is 1. The number of benzene rings is 1. The zero-order valence-electron chi connectivity index (χ0n) is 19.6. The van der Waals surface area contributed by atoms with Crippen molar-refractivity contribution in [3.63, 3.8) is 0 Å². The predicted molar refractivity (Wildman–Crippen MR) is 140 cm³/mol. The third kappa shape index (κ3) is 5.75. The van der Waals surface area contributed by atoms with E-state index in [1.807, 2.05) is 67.8 Å². The SMILES string of the molecule is C=NC(c1ccc(OC2=CC=CC#CCC=C2)cc1)c1c(N)ncc(C)c1NC1CCNCC1. The van der Waals surface area contributed by atoms with Crippen LogP contribution in [0, 0.1) is 18.8 Å². The summed E-state index contributed by atoms with van der Waals surface area (Å²) in [7, 11) is 0. The highest BCUT2D eigenvalue weighted by Gasteiger charge is 2.24. The Kier molecular flexibility index (Phi) is 7.79. The minimum absolute atomic E-state index is 0.338. The summed E-state index contributed by atoms with van der Waals surface area (Å²) in [5.74, 6) is 7.96. The second-order valence-electron chi connectivity index (χ2n) is 8.40. The van der Waals surface area contributed by atoms with E-state index in [0.29, 0.717) is 18.3 Å². The van der Waals surface area contributed by atoms with Crippen molar-refractivity contribution in [1.82, 2.24) is 10.3 Å². The predicted octanol–water partition coefficient (Wildman–Crippen LogP) is 4.71. The molecule has 0 amide bonds. The second kappa shape index (κ2) is 11.4. The van der Waals surface area contributed by atoms with Gasteiger partial charge in [-0.2, -0.15) is 0 Å². The number of hydrogen-bond donors (Lipinski definition) is 3. The zero-order chi connectivity index (χ0) is 23.8. The lowest BCUT2D eigenvalue weighted by molar-refractivity contribution is 0.444. The fourth-order valence-electron chi connectivity index (χ4n) is 4.16. The van der Waals surface area contributed by atoms with Crippen molar-refractivity contribution in [2.75, 3.05) is 24.1 Å². The Hall–Kier alpha value is -3.82. The third-order valence-corrected chi connectivity index (χ3v) is 5.96. The van der Waals surface area contributed by atoms with E-state index in [1.54, 1.807) is 0 Å². The summed E-state index contributed by atoms with van der Waals surface area (Å²) in [4.78, 5) is 8.88. The normalized spacial score (nSPS) is 16.8. The number of aliphatic imine (C=N–C) groups is 1. The summed E-state index contributed by atoms with van der Waals surface area (Å²) < 4.78 is 6.05. The molecule has 34 heavy (non-hydrogen) atoms. The van der Waals surface area contributed by atoms with E-state index in [-0.39, 0.29) is 6.04 Å². The molecule has 0 radical (unpaired) electrons. The fourth-order valence-corrected chi connectivity index (χ4v) is 4.16. The van der Waals surface area contributed by atoms with Crippen molar-refractivity contribution < 1.29 is 4.74 Å². The van der Waals surface area contributed by atoms with E-state index in [1.165, 1.54) is 0 Å². The van der Waals surface area contributed by atoms with Gasteiger partial charge >= 0.3 is 0 Å². The van der Waals surface area contributed by atoms with Gasteiger partial charge in [0.1, 0.15) is 23.4 Å². The van der Waals surface area contributed by atoms with Crippen LogP contribution in [0.3, 0.4) is 0 Å². The van der Waals surface area contributed by atoms with E-state index < -0.39 is 0 Å². The number of anilines is 2. The first kappa shape index (κ1) is 23.3. The largest absolute Gasteiger partial charge is 0.457 e.